The summed E-state index contributed by atoms with van der Waals surface area (Å²) in [6.45, 7) is 3.98. The zero-order valence-electron chi connectivity index (χ0n) is 14.7. The lowest BCUT2D eigenvalue weighted by atomic mass is 10.0. The number of hydrogen-bond acceptors (Lipinski definition) is 4. The molecule has 2 aromatic heterocycles. The Morgan fingerprint density at radius 1 is 0.769 bits per heavy atom. The molecule has 0 aliphatic carbocycles. The molecule has 2 heterocycles. The standard InChI is InChI=1S/2C11H9NO/c1-8-9(4-6-12)2-3-10-5-7-13-11(8)10;1-8-2-3-9-5-7-13-11(9)10(8)4-6-12/h2*2-3,5,7H,4H2,1H3. The topological polar surface area (TPSA) is 73.9 Å². The molecule has 4 nitrogen and oxygen atoms in total. The third-order valence-electron chi connectivity index (χ3n) is 4.47. The van der Waals surface area contributed by atoms with Gasteiger partial charge in [-0.3, -0.25) is 0 Å². The predicted octanol–water partition coefficient (Wildman–Crippen LogP) is 5.61. The van der Waals surface area contributed by atoms with Gasteiger partial charge in [0, 0.05) is 16.3 Å². The van der Waals surface area contributed by atoms with Crippen molar-refractivity contribution in [1.82, 2.24) is 0 Å². The van der Waals surface area contributed by atoms with Gasteiger partial charge in [0.15, 0.2) is 0 Å². The quantitative estimate of drug-likeness (QED) is 0.474. The molecule has 0 N–H and O–H groups in total. The van der Waals surface area contributed by atoms with Crippen LogP contribution in [0.5, 0.6) is 0 Å². The molecule has 4 aromatic rings. The van der Waals surface area contributed by atoms with E-state index in [1.165, 1.54) is 0 Å². The van der Waals surface area contributed by atoms with Crippen LogP contribution in [0.2, 0.25) is 0 Å². The number of furan rings is 2. The summed E-state index contributed by atoms with van der Waals surface area (Å²) in [4.78, 5) is 0. The van der Waals surface area contributed by atoms with E-state index < -0.39 is 0 Å². The highest BCUT2D eigenvalue weighted by Crippen LogP contribution is 2.24. The molecule has 0 aliphatic heterocycles. The van der Waals surface area contributed by atoms with Gasteiger partial charge in [0.1, 0.15) is 11.2 Å². The van der Waals surface area contributed by atoms with Crippen LogP contribution >= 0.6 is 0 Å². The monoisotopic (exact) mass is 342 g/mol. The highest BCUT2D eigenvalue weighted by atomic mass is 16.3. The number of rotatable bonds is 2. The summed E-state index contributed by atoms with van der Waals surface area (Å²) in [5, 5.41) is 19.4. The smallest absolute Gasteiger partial charge is 0.138 e. The molecule has 128 valence electrons. The molecule has 0 saturated heterocycles. The summed E-state index contributed by atoms with van der Waals surface area (Å²) in [6.07, 6.45) is 4.19. The van der Waals surface area contributed by atoms with Crippen molar-refractivity contribution in [2.45, 2.75) is 26.7 Å². The van der Waals surface area contributed by atoms with E-state index >= 15 is 0 Å². The van der Waals surface area contributed by atoms with Gasteiger partial charge in [-0.1, -0.05) is 24.3 Å². The number of nitriles is 2. The van der Waals surface area contributed by atoms with Crippen LogP contribution in [0.3, 0.4) is 0 Å². The molecule has 0 amide bonds. The SMILES string of the molecule is Cc1c(CC#N)ccc2ccoc12.Cc1ccc2ccoc2c1CC#N. The molecule has 0 bridgehead atoms. The fourth-order valence-electron chi connectivity index (χ4n) is 2.98. The van der Waals surface area contributed by atoms with Crippen LogP contribution in [0.1, 0.15) is 22.3 Å². The summed E-state index contributed by atoms with van der Waals surface area (Å²) in [5.74, 6) is 0. The second-order valence-electron chi connectivity index (χ2n) is 6.06. The summed E-state index contributed by atoms with van der Waals surface area (Å²) >= 11 is 0. The minimum atomic E-state index is 0.413. The molecule has 4 rings (SSSR count). The summed E-state index contributed by atoms with van der Waals surface area (Å²) in [7, 11) is 0. The van der Waals surface area contributed by atoms with Gasteiger partial charge in [-0.2, -0.15) is 10.5 Å². The number of hydrogen-bond donors (Lipinski definition) is 0. The van der Waals surface area contributed by atoms with Crippen molar-refractivity contribution < 1.29 is 8.83 Å². The molecule has 0 fully saturated rings. The first-order chi connectivity index (χ1) is 12.7. The third kappa shape index (κ3) is 3.31. The Labute approximate surface area is 151 Å². The van der Waals surface area contributed by atoms with E-state index in [-0.39, 0.29) is 0 Å². The minimum Gasteiger partial charge on any atom is -0.464 e. The van der Waals surface area contributed by atoms with Gasteiger partial charge in [0.05, 0.1) is 37.5 Å². The van der Waals surface area contributed by atoms with E-state index in [2.05, 4.69) is 12.1 Å². The van der Waals surface area contributed by atoms with Gasteiger partial charge in [-0.05, 0) is 42.7 Å². The molecule has 0 unspecified atom stereocenters. The van der Waals surface area contributed by atoms with Gasteiger partial charge in [0.2, 0.25) is 0 Å². The maximum Gasteiger partial charge on any atom is 0.138 e. The molecule has 0 aliphatic rings. The Hall–Kier alpha value is -3.50. The zero-order valence-corrected chi connectivity index (χ0v) is 14.7. The second kappa shape index (κ2) is 7.59. The van der Waals surface area contributed by atoms with E-state index in [0.29, 0.717) is 12.8 Å². The fraction of sp³-hybridized carbons (Fsp3) is 0.182. The number of aryl methyl sites for hydroxylation is 2. The van der Waals surface area contributed by atoms with E-state index in [4.69, 9.17) is 19.4 Å². The van der Waals surface area contributed by atoms with Gasteiger partial charge in [0.25, 0.3) is 0 Å². The van der Waals surface area contributed by atoms with Crippen LogP contribution in [-0.2, 0) is 12.8 Å². The van der Waals surface area contributed by atoms with Crippen LogP contribution in [-0.4, -0.2) is 0 Å². The predicted molar refractivity (Wildman–Crippen MR) is 101 cm³/mol. The Kier molecular flexibility index (Phi) is 5.06. The van der Waals surface area contributed by atoms with E-state index in [1.54, 1.807) is 12.5 Å². The normalized spacial score (nSPS) is 10.2. The molecule has 26 heavy (non-hydrogen) atoms. The lowest BCUT2D eigenvalue weighted by Gasteiger charge is -2.00. The highest BCUT2D eigenvalue weighted by molar-refractivity contribution is 5.82. The lowest BCUT2D eigenvalue weighted by molar-refractivity contribution is 0.612. The first-order valence-electron chi connectivity index (χ1n) is 8.31. The highest BCUT2D eigenvalue weighted by Gasteiger charge is 2.06. The molecule has 0 saturated carbocycles. The first-order valence-corrected chi connectivity index (χ1v) is 8.31. The van der Waals surface area contributed by atoms with Crippen LogP contribution in [0.25, 0.3) is 21.9 Å². The summed E-state index contributed by atoms with van der Waals surface area (Å²) in [6, 6.07) is 16.1. The zero-order chi connectivity index (χ0) is 18.5. The van der Waals surface area contributed by atoms with Crippen LogP contribution in [0.4, 0.5) is 0 Å². The van der Waals surface area contributed by atoms with Crippen molar-refractivity contribution in [2.75, 3.05) is 0 Å². The first kappa shape index (κ1) is 17.3. The molecule has 2 aromatic carbocycles. The van der Waals surface area contributed by atoms with Crippen LogP contribution < -0.4 is 0 Å². The van der Waals surface area contributed by atoms with E-state index in [9.17, 15) is 0 Å². The van der Waals surface area contributed by atoms with Crippen LogP contribution in [0.15, 0.2) is 57.8 Å². The Balaban J connectivity index is 0.000000151. The summed E-state index contributed by atoms with van der Waals surface area (Å²) in [5.41, 5.74) is 5.98. The van der Waals surface area contributed by atoms with E-state index in [1.807, 2.05) is 50.2 Å². The van der Waals surface area contributed by atoms with Gasteiger partial charge in [-0.25, -0.2) is 0 Å². The Bertz CT molecular complexity index is 1140. The van der Waals surface area contributed by atoms with Crippen molar-refractivity contribution in [2.24, 2.45) is 0 Å². The maximum absolute atomic E-state index is 8.65. The molecule has 0 spiro atoms. The lowest BCUT2D eigenvalue weighted by Crippen LogP contribution is -1.87. The molecule has 4 heteroatoms. The van der Waals surface area contributed by atoms with Crippen molar-refractivity contribution in [3.8, 4) is 12.1 Å². The largest absolute Gasteiger partial charge is 0.464 e. The van der Waals surface area contributed by atoms with Crippen molar-refractivity contribution >= 4 is 21.9 Å². The minimum absolute atomic E-state index is 0.413. The van der Waals surface area contributed by atoms with Gasteiger partial charge in [-0.15, -0.1) is 0 Å². The molecular formula is C22H18N2O2. The van der Waals surface area contributed by atoms with Crippen LogP contribution in [0, 0.1) is 36.5 Å². The number of fused-ring (bicyclic) bond motifs is 2. The van der Waals surface area contributed by atoms with Gasteiger partial charge < -0.3 is 8.83 Å². The Morgan fingerprint density at radius 3 is 2.08 bits per heavy atom. The maximum atomic E-state index is 8.65. The average molecular weight is 342 g/mol. The average Bonchev–Trinajstić information content (AvgIpc) is 3.30. The van der Waals surface area contributed by atoms with Gasteiger partial charge >= 0.3 is 0 Å². The molecular weight excluding hydrogens is 324 g/mol. The third-order valence-corrected chi connectivity index (χ3v) is 4.47. The number of nitrogens with zero attached hydrogens (tertiary/aromatic N) is 2. The van der Waals surface area contributed by atoms with E-state index in [0.717, 1.165) is 44.2 Å². The fourth-order valence-corrected chi connectivity index (χ4v) is 2.98. The van der Waals surface area contributed by atoms with Crippen molar-refractivity contribution in [3.63, 3.8) is 0 Å². The number of benzene rings is 2. The molecule has 0 radical (unpaired) electrons. The van der Waals surface area contributed by atoms with Crippen molar-refractivity contribution in [1.29, 1.82) is 10.5 Å². The summed E-state index contributed by atoms with van der Waals surface area (Å²) < 4.78 is 10.7. The Morgan fingerprint density at radius 2 is 1.38 bits per heavy atom. The van der Waals surface area contributed by atoms with Crippen molar-refractivity contribution in [3.05, 3.63) is 71.2 Å². The second-order valence-corrected chi connectivity index (χ2v) is 6.06. The molecule has 0 atom stereocenters.